The fraction of sp³-hybridized carbons (Fsp3) is 0.400. The maximum absolute atomic E-state index is 12.1. The van der Waals surface area contributed by atoms with E-state index in [1.54, 1.807) is 7.11 Å². The molecular formula is C15H20N2O3. The van der Waals surface area contributed by atoms with Crippen LogP contribution in [0.15, 0.2) is 24.3 Å². The van der Waals surface area contributed by atoms with E-state index in [-0.39, 0.29) is 5.91 Å². The van der Waals surface area contributed by atoms with Crippen LogP contribution >= 0.6 is 0 Å². The average molecular weight is 276 g/mol. The van der Waals surface area contributed by atoms with Gasteiger partial charge in [-0.15, -0.1) is 0 Å². The van der Waals surface area contributed by atoms with Crippen LogP contribution in [0.3, 0.4) is 0 Å². The highest BCUT2D eigenvalue weighted by atomic mass is 16.5. The van der Waals surface area contributed by atoms with Gasteiger partial charge in [0, 0.05) is 31.6 Å². The Morgan fingerprint density at radius 1 is 1.35 bits per heavy atom. The zero-order valence-electron chi connectivity index (χ0n) is 12.1. The van der Waals surface area contributed by atoms with Gasteiger partial charge < -0.3 is 19.4 Å². The Labute approximate surface area is 118 Å². The maximum Gasteiger partial charge on any atom is 0.268 e. The minimum absolute atomic E-state index is 0.0984. The SMILES string of the molecule is CCOc1ccc2c(c1)cc(C(=O)NCCOC)n2C. The number of aromatic nitrogens is 1. The van der Waals surface area contributed by atoms with E-state index in [1.165, 1.54) is 0 Å². The number of benzene rings is 1. The smallest absolute Gasteiger partial charge is 0.268 e. The van der Waals surface area contributed by atoms with Crippen LogP contribution < -0.4 is 10.1 Å². The van der Waals surface area contributed by atoms with E-state index in [9.17, 15) is 4.79 Å². The summed E-state index contributed by atoms with van der Waals surface area (Å²) in [5.41, 5.74) is 1.63. The summed E-state index contributed by atoms with van der Waals surface area (Å²) in [4.78, 5) is 12.1. The standard InChI is InChI=1S/C15H20N2O3/c1-4-20-12-5-6-13-11(9-12)10-14(17(13)2)15(18)16-7-8-19-3/h5-6,9-10H,4,7-8H2,1-3H3,(H,16,18). The predicted molar refractivity (Wildman–Crippen MR) is 78.3 cm³/mol. The third-order valence-corrected chi connectivity index (χ3v) is 3.15. The van der Waals surface area contributed by atoms with E-state index in [1.807, 2.05) is 42.8 Å². The highest BCUT2D eigenvalue weighted by Crippen LogP contribution is 2.23. The molecule has 1 aromatic carbocycles. The van der Waals surface area contributed by atoms with Crippen LogP contribution in [-0.4, -0.2) is 37.3 Å². The van der Waals surface area contributed by atoms with E-state index >= 15 is 0 Å². The Kier molecular flexibility index (Phi) is 4.63. The van der Waals surface area contributed by atoms with E-state index in [0.717, 1.165) is 16.7 Å². The van der Waals surface area contributed by atoms with Crippen molar-refractivity contribution in [3.05, 3.63) is 30.0 Å². The first kappa shape index (κ1) is 14.4. The topological polar surface area (TPSA) is 52.5 Å². The van der Waals surface area contributed by atoms with Gasteiger partial charge in [0.25, 0.3) is 5.91 Å². The summed E-state index contributed by atoms with van der Waals surface area (Å²) in [6.45, 7) is 3.58. The van der Waals surface area contributed by atoms with Gasteiger partial charge in [0.15, 0.2) is 0 Å². The Morgan fingerprint density at radius 2 is 2.15 bits per heavy atom. The second kappa shape index (κ2) is 6.43. The third-order valence-electron chi connectivity index (χ3n) is 3.15. The number of carbonyl (C=O) groups is 1. The number of hydrogen-bond donors (Lipinski definition) is 1. The molecule has 0 aliphatic rings. The van der Waals surface area contributed by atoms with E-state index in [4.69, 9.17) is 9.47 Å². The molecule has 1 N–H and O–H groups in total. The number of ether oxygens (including phenoxy) is 2. The second-order valence-electron chi connectivity index (χ2n) is 4.49. The summed E-state index contributed by atoms with van der Waals surface area (Å²) in [6, 6.07) is 7.70. The van der Waals surface area contributed by atoms with Crippen molar-refractivity contribution >= 4 is 16.8 Å². The van der Waals surface area contributed by atoms with E-state index in [2.05, 4.69) is 5.32 Å². The van der Waals surface area contributed by atoms with Crippen molar-refractivity contribution in [3.8, 4) is 5.75 Å². The number of fused-ring (bicyclic) bond motifs is 1. The lowest BCUT2D eigenvalue weighted by Crippen LogP contribution is -2.28. The lowest BCUT2D eigenvalue weighted by Gasteiger charge is -2.06. The number of rotatable bonds is 6. The van der Waals surface area contributed by atoms with Crippen LogP contribution in [0, 0.1) is 0 Å². The molecule has 0 bridgehead atoms. The fourth-order valence-corrected chi connectivity index (χ4v) is 2.16. The molecule has 2 rings (SSSR count). The predicted octanol–water partition coefficient (Wildman–Crippen LogP) is 1.95. The van der Waals surface area contributed by atoms with Crippen molar-refractivity contribution in [2.24, 2.45) is 7.05 Å². The quantitative estimate of drug-likeness (QED) is 0.821. The Morgan fingerprint density at radius 3 is 2.85 bits per heavy atom. The van der Waals surface area contributed by atoms with Gasteiger partial charge in [-0.2, -0.15) is 0 Å². The number of amides is 1. The molecule has 0 saturated heterocycles. The first-order valence-electron chi connectivity index (χ1n) is 6.66. The average Bonchev–Trinajstić information content (AvgIpc) is 2.76. The highest BCUT2D eigenvalue weighted by Gasteiger charge is 2.13. The summed E-state index contributed by atoms with van der Waals surface area (Å²) < 4.78 is 12.3. The molecule has 1 heterocycles. The van der Waals surface area contributed by atoms with Crippen molar-refractivity contribution in [1.82, 2.24) is 9.88 Å². The van der Waals surface area contributed by atoms with Crippen molar-refractivity contribution in [3.63, 3.8) is 0 Å². The monoisotopic (exact) mass is 276 g/mol. The van der Waals surface area contributed by atoms with Gasteiger partial charge in [0.2, 0.25) is 0 Å². The normalized spacial score (nSPS) is 10.8. The summed E-state index contributed by atoms with van der Waals surface area (Å²) in [7, 11) is 3.49. The number of nitrogens with zero attached hydrogens (tertiary/aromatic N) is 1. The van der Waals surface area contributed by atoms with Crippen LogP contribution in [0.1, 0.15) is 17.4 Å². The van der Waals surface area contributed by atoms with Crippen molar-refractivity contribution in [1.29, 1.82) is 0 Å². The van der Waals surface area contributed by atoms with Crippen molar-refractivity contribution in [2.45, 2.75) is 6.92 Å². The molecule has 0 aliphatic carbocycles. The van der Waals surface area contributed by atoms with Crippen molar-refractivity contribution < 1.29 is 14.3 Å². The molecule has 0 atom stereocenters. The molecule has 108 valence electrons. The molecule has 0 fully saturated rings. The number of hydrogen-bond acceptors (Lipinski definition) is 3. The zero-order chi connectivity index (χ0) is 14.5. The number of nitrogens with one attached hydrogen (secondary N) is 1. The molecule has 5 nitrogen and oxygen atoms in total. The molecule has 1 amide bonds. The summed E-state index contributed by atoms with van der Waals surface area (Å²) in [5, 5.41) is 3.82. The van der Waals surface area contributed by atoms with E-state index < -0.39 is 0 Å². The number of methoxy groups -OCH3 is 1. The second-order valence-corrected chi connectivity index (χ2v) is 4.49. The van der Waals surface area contributed by atoms with Gasteiger partial charge in [-0.1, -0.05) is 0 Å². The van der Waals surface area contributed by atoms with Crippen LogP contribution in [0.4, 0.5) is 0 Å². The van der Waals surface area contributed by atoms with Gasteiger partial charge in [-0.05, 0) is 31.2 Å². The molecule has 0 aliphatic heterocycles. The van der Waals surface area contributed by atoms with Crippen LogP contribution in [-0.2, 0) is 11.8 Å². The van der Waals surface area contributed by atoms with Crippen LogP contribution in [0.5, 0.6) is 5.75 Å². The molecule has 20 heavy (non-hydrogen) atoms. The van der Waals surface area contributed by atoms with Crippen molar-refractivity contribution in [2.75, 3.05) is 26.9 Å². The molecule has 0 saturated carbocycles. The molecule has 0 radical (unpaired) electrons. The number of aryl methyl sites for hydroxylation is 1. The first-order valence-corrected chi connectivity index (χ1v) is 6.66. The third kappa shape index (κ3) is 2.93. The Bertz CT molecular complexity index is 604. The summed E-state index contributed by atoms with van der Waals surface area (Å²) in [5.74, 6) is 0.718. The minimum Gasteiger partial charge on any atom is -0.494 e. The molecule has 0 unspecified atom stereocenters. The largest absolute Gasteiger partial charge is 0.494 e. The van der Waals surface area contributed by atoms with Crippen LogP contribution in [0.2, 0.25) is 0 Å². The molecule has 1 aromatic heterocycles. The Balaban J connectivity index is 2.25. The zero-order valence-corrected chi connectivity index (χ0v) is 12.1. The van der Waals surface area contributed by atoms with Gasteiger partial charge in [-0.25, -0.2) is 0 Å². The molecule has 2 aromatic rings. The lowest BCUT2D eigenvalue weighted by molar-refractivity contribution is 0.0929. The van der Waals surface area contributed by atoms with E-state index in [0.29, 0.717) is 25.5 Å². The minimum atomic E-state index is -0.0984. The van der Waals surface area contributed by atoms with Gasteiger partial charge >= 0.3 is 0 Å². The molecule has 0 spiro atoms. The highest BCUT2D eigenvalue weighted by molar-refractivity contribution is 5.99. The fourth-order valence-electron chi connectivity index (χ4n) is 2.16. The molecular weight excluding hydrogens is 256 g/mol. The van der Waals surface area contributed by atoms with Crippen LogP contribution in [0.25, 0.3) is 10.9 Å². The first-order chi connectivity index (χ1) is 9.67. The van der Waals surface area contributed by atoms with Gasteiger partial charge in [0.1, 0.15) is 11.4 Å². The summed E-state index contributed by atoms with van der Waals surface area (Å²) in [6.07, 6.45) is 0. The summed E-state index contributed by atoms with van der Waals surface area (Å²) >= 11 is 0. The van der Waals surface area contributed by atoms with Gasteiger partial charge in [0.05, 0.1) is 13.2 Å². The van der Waals surface area contributed by atoms with Gasteiger partial charge in [-0.3, -0.25) is 4.79 Å². The maximum atomic E-state index is 12.1. The Hall–Kier alpha value is -2.01. The molecule has 5 heteroatoms. The lowest BCUT2D eigenvalue weighted by atomic mass is 10.2. The number of carbonyl (C=O) groups excluding carboxylic acids is 1.